The third kappa shape index (κ3) is 4.89. The smallest absolute Gasteiger partial charge is 0.272 e. The van der Waals surface area contributed by atoms with Gasteiger partial charge in [0.25, 0.3) is 11.8 Å². The van der Waals surface area contributed by atoms with E-state index in [2.05, 4.69) is 15.7 Å². The lowest BCUT2D eigenvalue weighted by Gasteiger charge is -2.08. The van der Waals surface area contributed by atoms with E-state index in [1.807, 2.05) is 43.3 Å². The molecule has 1 aromatic heterocycles. The molecule has 0 aliphatic heterocycles. The molecular weight excluding hydrogens is 407 g/mol. The molecule has 0 fully saturated rings. The lowest BCUT2D eigenvalue weighted by Crippen LogP contribution is -2.23. The first-order valence-electron chi connectivity index (χ1n) is 10.1. The number of hydrogen-bond acceptors (Lipinski definition) is 3. The Kier molecular flexibility index (Phi) is 6.07. The van der Waals surface area contributed by atoms with Gasteiger partial charge in [-0.1, -0.05) is 36.4 Å². The number of aromatic nitrogens is 2. The highest BCUT2D eigenvalue weighted by Gasteiger charge is 2.13. The number of hydrogen-bond donors (Lipinski definition) is 2. The topological polar surface area (TPSA) is 76.0 Å². The van der Waals surface area contributed by atoms with Crippen LogP contribution in [0.15, 0.2) is 84.9 Å². The van der Waals surface area contributed by atoms with Crippen LogP contribution in [0.3, 0.4) is 0 Å². The number of aryl methyl sites for hydroxylation is 1. The minimum atomic E-state index is -0.473. The summed E-state index contributed by atoms with van der Waals surface area (Å²) >= 11 is 0. The zero-order valence-corrected chi connectivity index (χ0v) is 17.4. The molecule has 0 saturated carbocycles. The van der Waals surface area contributed by atoms with Crippen molar-refractivity contribution >= 4 is 17.5 Å². The van der Waals surface area contributed by atoms with Gasteiger partial charge in [-0.3, -0.25) is 9.59 Å². The van der Waals surface area contributed by atoms with E-state index in [1.54, 1.807) is 35.0 Å². The van der Waals surface area contributed by atoms with Crippen molar-refractivity contribution in [1.29, 1.82) is 0 Å². The summed E-state index contributed by atoms with van der Waals surface area (Å²) in [7, 11) is 0. The minimum Gasteiger partial charge on any atom is -0.347 e. The van der Waals surface area contributed by atoms with Crippen molar-refractivity contribution in [1.82, 2.24) is 15.1 Å². The monoisotopic (exact) mass is 428 g/mol. The number of rotatable bonds is 6. The lowest BCUT2D eigenvalue weighted by atomic mass is 10.1. The number of amides is 2. The molecule has 160 valence electrons. The van der Waals surface area contributed by atoms with E-state index in [0.717, 1.165) is 16.9 Å². The summed E-state index contributed by atoms with van der Waals surface area (Å²) in [5.74, 6) is -1.18. The third-order valence-electron chi connectivity index (χ3n) is 4.85. The second kappa shape index (κ2) is 9.26. The Morgan fingerprint density at radius 2 is 1.69 bits per heavy atom. The number of carbonyl (C=O) groups excluding carboxylic acids is 2. The van der Waals surface area contributed by atoms with E-state index in [4.69, 9.17) is 0 Å². The van der Waals surface area contributed by atoms with Gasteiger partial charge in [0.2, 0.25) is 0 Å². The van der Waals surface area contributed by atoms with Crippen LogP contribution >= 0.6 is 0 Å². The van der Waals surface area contributed by atoms with Gasteiger partial charge >= 0.3 is 0 Å². The number of halogens is 1. The van der Waals surface area contributed by atoms with E-state index in [-0.39, 0.29) is 18.0 Å². The van der Waals surface area contributed by atoms with Gasteiger partial charge in [0, 0.05) is 23.5 Å². The van der Waals surface area contributed by atoms with Gasteiger partial charge < -0.3 is 10.6 Å². The number of para-hydroxylation sites is 1. The third-order valence-corrected chi connectivity index (χ3v) is 4.85. The summed E-state index contributed by atoms with van der Waals surface area (Å²) in [6.07, 6.45) is 0. The molecule has 4 aromatic rings. The molecule has 4 rings (SSSR count). The van der Waals surface area contributed by atoms with Crippen LogP contribution in [0.2, 0.25) is 0 Å². The maximum absolute atomic E-state index is 13.3. The highest BCUT2D eigenvalue weighted by molar-refractivity contribution is 6.04. The van der Waals surface area contributed by atoms with E-state index >= 15 is 0 Å². The molecule has 7 heteroatoms. The zero-order chi connectivity index (χ0) is 22.5. The summed E-state index contributed by atoms with van der Waals surface area (Å²) < 4.78 is 15.1. The molecule has 32 heavy (non-hydrogen) atoms. The quantitative estimate of drug-likeness (QED) is 0.475. The van der Waals surface area contributed by atoms with Crippen LogP contribution < -0.4 is 10.6 Å². The SMILES string of the molecule is Cc1cc(C(=O)NCc2cccc(NC(=O)c3cccc(F)c3)c2)nn1-c1ccccc1. The average Bonchev–Trinajstić information content (AvgIpc) is 3.20. The fourth-order valence-electron chi connectivity index (χ4n) is 3.28. The molecule has 1 heterocycles. The number of anilines is 1. The zero-order valence-electron chi connectivity index (χ0n) is 17.4. The Labute approximate surface area is 184 Å². The van der Waals surface area contributed by atoms with Crippen LogP contribution in [0.4, 0.5) is 10.1 Å². The minimum absolute atomic E-state index is 0.230. The summed E-state index contributed by atoms with van der Waals surface area (Å²) in [5.41, 5.74) is 3.63. The van der Waals surface area contributed by atoms with Crippen molar-refractivity contribution in [2.45, 2.75) is 13.5 Å². The Morgan fingerprint density at radius 3 is 2.47 bits per heavy atom. The van der Waals surface area contributed by atoms with Gasteiger partial charge in [-0.25, -0.2) is 9.07 Å². The molecule has 0 radical (unpaired) electrons. The number of nitrogens with one attached hydrogen (secondary N) is 2. The molecule has 2 N–H and O–H groups in total. The van der Waals surface area contributed by atoms with Gasteiger partial charge in [-0.2, -0.15) is 5.10 Å². The molecule has 2 amide bonds. The molecule has 6 nitrogen and oxygen atoms in total. The summed E-state index contributed by atoms with van der Waals surface area (Å²) in [5, 5.41) is 10.00. The van der Waals surface area contributed by atoms with Crippen molar-refractivity contribution in [3.63, 3.8) is 0 Å². The van der Waals surface area contributed by atoms with E-state index in [1.165, 1.54) is 18.2 Å². The molecule has 0 aliphatic rings. The standard InChI is InChI=1S/C25H21FN4O2/c1-17-13-23(29-30(17)22-11-3-2-4-12-22)25(32)27-16-18-7-5-10-21(14-18)28-24(31)19-8-6-9-20(26)15-19/h2-15H,16H2,1H3,(H,27,32)(H,28,31). The lowest BCUT2D eigenvalue weighted by molar-refractivity contribution is 0.0944. The predicted molar refractivity (Wildman–Crippen MR) is 120 cm³/mol. The Bertz CT molecular complexity index is 1270. The van der Waals surface area contributed by atoms with Gasteiger partial charge in [0.15, 0.2) is 5.69 Å². The second-order valence-corrected chi connectivity index (χ2v) is 7.27. The van der Waals surface area contributed by atoms with Crippen molar-refractivity contribution in [3.8, 4) is 5.69 Å². The second-order valence-electron chi connectivity index (χ2n) is 7.27. The van der Waals surface area contributed by atoms with E-state index in [9.17, 15) is 14.0 Å². The van der Waals surface area contributed by atoms with Gasteiger partial charge in [0.05, 0.1) is 5.69 Å². The predicted octanol–water partition coefficient (Wildman–Crippen LogP) is 4.50. The van der Waals surface area contributed by atoms with Gasteiger partial charge in [-0.05, 0) is 61.0 Å². The average molecular weight is 428 g/mol. The molecule has 0 saturated heterocycles. The Hall–Kier alpha value is -4.26. The van der Waals surface area contributed by atoms with Crippen LogP contribution in [0, 0.1) is 12.7 Å². The summed E-state index contributed by atoms with van der Waals surface area (Å²) in [6.45, 7) is 2.15. The molecule has 0 aliphatic carbocycles. The molecule has 0 atom stereocenters. The fourth-order valence-corrected chi connectivity index (χ4v) is 3.28. The number of benzene rings is 3. The van der Waals surface area contributed by atoms with Crippen molar-refractivity contribution < 1.29 is 14.0 Å². The normalized spacial score (nSPS) is 10.6. The van der Waals surface area contributed by atoms with Crippen molar-refractivity contribution in [2.75, 3.05) is 5.32 Å². The first-order valence-corrected chi connectivity index (χ1v) is 10.1. The van der Waals surface area contributed by atoms with Crippen LogP contribution in [0.5, 0.6) is 0 Å². The summed E-state index contributed by atoms with van der Waals surface area (Å²) in [6, 6.07) is 23.9. The molecule has 3 aromatic carbocycles. The number of carbonyl (C=O) groups is 2. The summed E-state index contributed by atoms with van der Waals surface area (Å²) in [4.78, 5) is 24.9. The van der Waals surface area contributed by atoms with E-state index < -0.39 is 11.7 Å². The van der Waals surface area contributed by atoms with Crippen LogP contribution in [0.25, 0.3) is 5.69 Å². The largest absolute Gasteiger partial charge is 0.347 e. The molecule has 0 spiro atoms. The van der Waals surface area contributed by atoms with Gasteiger partial charge in [0.1, 0.15) is 5.82 Å². The maximum Gasteiger partial charge on any atom is 0.272 e. The van der Waals surface area contributed by atoms with Gasteiger partial charge in [-0.15, -0.1) is 0 Å². The first kappa shape index (κ1) is 21.0. The molecular formula is C25H21FN4O2. The van der Waals surface area contributed by atoms with Crippen molar-refractivity contribution in [2.24, 2.45) is 0 Å². The van der Waals surface area contributed by atoms with Crippen LogP contribution in [0.1, 0.15) is 32.1 Å². The highest BCUT2D eigenvalue weighted by Crippen LogP contribution is 2.14. The first-order chi connectivity index (χ1) is 15.5. The van der Waals surface area contributed by atoms with E-state index in [0.29, 0.717) is 11.4 Å². The van der Waals surface area contributed by atoms with Crippen molar-refractivity contribution in [3.05, 3.63) is 113 Å². The van der Waals surface area contributed by atoms with Crippen LogP contribution in [-0.2, 0) is 6.54 Å². The molecule has 0 unspecified atom stereocenters. The molecule has 0 bridgehead atoms. The highest BCUT2D eigenvalue weighted by atomic mass is 19.1. The Morgan fingerprint density at radius 1 is 0.906 bits per heavy atom. The maximum atomic E-state index is 13.3. The van der Waals surface area contributed by atoms with Crippen LogP contribution in [-0.4, -0.2) is 21.6 Å². The number of nitrogens with zero attached hydrogens (tertiary/aromatic N) is 2. The fraction of sp³-hybridized carbons (Fsp3) is 0.0800. The Balaban J connectivity index is 1.40.